The maximum Gasteiger partial charge on any atom is 0.200 e. The number of rotatable bonds is 1. The Morgan fingerprint density at radius 3 is 2.92 bits per heavy atom. The Balaban J connectivity index is 2.75. The molecule has 0 aliphatic carbocycles. The SMILES string of the molecule is Nc1c(F)sc2ccc(CO)cc12. The highest BCUT2D eigenvalue weighted by molar-refractivity contribution is 7.18. The van der Waals surface area contributed by atoms with Crippen molar-refractivity contribution in [2.24, 2.45) is 0 Å². The maximum atomic E-state index is 13.0. The number of nitrogen functional groups attached to an aromatic ring is 1. The van der Waals surface area contributed by atoms with Crippen LogP contribution in [-0.4, -0.2) is 5.11 Å². The van der Waals surface area contributed by atoms with E-state index in [-0.39, 0.29) is 17.4 Å². The fraction of sp³-hybridized carbons (Fsp3) is 0.111. The first kappa shape index (κ1) is 8.47. The van der Waals surface area contributed by atoms with Gasteiger partial charge in [-0.1, -0.05) is 6.07 Å². The Hall–Kier alpha value is -1.13. The minimum Gasteiger partial charge on any atom is -0.395 e. The van der Waals surface area contributed by atoms with Crippen molar-refractivity contribution in [3.8, 4) is 0 Å². The molecular weight excluding hydrogens is 189 g/mol. The molecule has 3 N–H and O–H groups in total. The van der Waals surface area contributed by atoms with Crippen LogP contribution in [0.15, 0.2) is 18.2 Å². The van der Waals surface area contributed by atoms with Crippen molar-refractivity contribution in [2.75, 3.05) is 5.73 Å². The van der Waals surface area contributed by atoms with E-state index < -0.39 is 0 Å². The summed E-state index contributed by atoms with van der Waals surface area (Å²) in [5, 5.41) is 9.20. The lowest BCUT2D eigenvalue weighted by atomic mass is 10.1. The molecule has 0 aliphatic rings. The van der Waals surface area contributed by atoms with Crippen LogP contribution in [-0.2, 0) is 6.61 Å². The third-order valence-corrected chi connectivity index (χ3v) is 2.90. The minimum atomic E-state index is -0.356. The number of fused-ring (bicyclic) bond motifs is 1. The first-order chi connectivity index (χ1) is 6.22. The average Bonchev–Trinajstić information content (AvgIpc) is 2.43. The molecule has 0 spiro atoms. The Kier molecular flexibility index (Phi) is 1.94. The number of halogens is 1. The molecule has 0 saturated carbocycles. The second kappa shape index (κ2) is 2.97. The highest BCUT2D eigenvalue weighted by atomic mass is 32.1. The van der Waals surface area contributed by atoms with Crippen molar-refractivity contribution < 1.29 is 9.50 Å². The molecule has 1 aromatic heterocycles. The van der Waals surface area contributed by atoms with Gasteiger partial charge in [0.15, 0.2) is 0 Å². The topological polar surface area (TPSA) is 46.2 Å². The van der Waals surface area contributed by atoms with Crippen LogP contribution in [0.1, 0.15) is 5.56 Å². The second-order valence-corrected chi connectivity index (χ2v) is 3.78. The van der Waals surface area contributed by atoms with Gasteiger partial charge in [0.25, 0.3) is 0 Å². The predicted octanol–water partition coefficient (Wildman–Crippen LogP) is 2.11. The molecule has 13 heavy (non-hydrogen) atoms. The molecule has 68 valence electrons. The molecule has 0 unspecified atom stereocenters. The van der Waals surface area contributed by atoms with Gasteiger partial charge in [-0.15, -0.1) is 11.3 Å². The smallest absolute Gasteiger partial charge is 0.200 e. The Morgan fingerprint density at radius 2 is 2.23 bits per heavy atom. The fourth-order valence-electron chi connectivity index (χ4n) is 1.23. The number of thiophene rings is 1. The van der Waals surface area contributed by atoms with Crippen LogP contribution in [0.4, 0.5) is 10.1 Å². The van der Waals surface area contributed by atoms with Crippen molar-refractivity contribution in [3.63, 3.8) is 0 Å². The molecule has 1 heterocycles. The van der Waals surface area contributed by atoms with Gasteiger partial charge in [0.1, 0.15) is 0 Å². The van der Waals surface area contributed by atoms with Crippen LogP contribution in [0.25, 0.3) is 10.1 Å². The molecule has 1 aromatic carbocycles. The van der Waals surface area contributed by atoms with E-state index in [0.29, 0.717) is 5.39 Å². The van der Waals surface area contributed by atoms with Gasteiger partial charge in [-0.2, -0.15) is 4.39 Å². The van der Waals surface area contributed by atoms with Gasteiger partial charge < -0.3 is 10.8 Å². The van der Waals surface area contributed by atoms with Gasteiger partial charge in [0, 0.05) is 10.1 Å². The second-order valence-electron chi connectivity index (χ2n) is 2.78. The lowest BCUT2D eigenvalue weighted by Crippen LogP contribution is -1.86. The number of anilines is 1. The van der Waals surface area contributed by atoms with Crippen molar-refractivity contribution >= 4 is 27.1 Å². The number of aliphatic hydroxyl groups excluding tert-OH is 1. The van der Waals surface area contributed by atoms with E-state index in [1.165, 1.54) is 0 Å². The molecular formula is C9H8FNOS. The van der Waals surface area contributed by atoms with Crippen molar-refractivity contribution in [1.82, 2.24) is 0 Å². The predicted molar refractivity (Wildman–Crippen MR) is 52.1 cm³/mol. The highest BCUT2D eigenvalue weighted by Gasteiger charge is 2.08. The van der Waals surface area contributed by atoms with Gasteiger partial charge in [0.05, 0.1) is 12.3 Å². The summed E-state index contributed by atoms with van der Waals surface area (Å²) in [4.78, 5) is 0. The number of hydrogen-bond donors (Lipinski definition) is 2. The van der Waals surface area contributed by atoms with Gasteiger partial charge in [-0.05, 0) is 17.7 Å². The van der Waals surface area contributed by atoms with Crippen LogP contribution in [0.5, 0.6) is 0 Å². The average molecular weight is 197 g/mol. The van der Waals surface area contributed by atoms with E-state index in [2.05, 4.69) is 0 Å². The molecule has 0 bridgehead atoms. The quantitative estimate of drug-likeness (QED) is 0.735. The van der Waals surface area contributed by atoms with E-state index in [1.54, 1.807) is 18.2 Å². The monoisotopic (exact) mass is 197 g/mol. The molecule has 0 radical (unpaired) electrons. The number of benzene rings is 1. The lowest BCUT2D eigenvalue weighted by Gasteiger charge is -1.95. The molecule has 2 aromatic rings. The van der Waals surface area contributed by atoms with Crippen LogP contribution >= 0.6 is 11.3 Å². The number of aliphatic hydroxyl groups is 1. The zero-order chi connectivity index (χ0) is 9.42. The summed E-state index contributed by atoms with van der Waals surface area (Å²) < 4.78 is 13.8. The zero-order valence-corrected chi connectivity index (χ0v) is 7.57. The fourth-order valence-corrected chi connectivity index (χ4v) is 2.06. The summed E-state index contributed by atoms with van der Waals surface area (Å²) in [6, 6.07) is 5.24. The van der Waals surface area contributed by atoms with Crippen molar-refractivity contribution in [3.05, 3.63) is 28.9 Å². The minimum absolute atomic E-state index is 0.0488. The van der Waals surface area contributed by atoms with E-state index in [0.717, 1.165) is 21.6 Å². The van der Waals surface area contributed by atoms with Gasteiger partial charge >= 0.3 is 0 Å². The van der Waals surface area contributed by atoms with E-state index in [1.807, 2.05) is 0 Å². The van der Waals surface area contributed by atoms with Crippen LogP contribution in [0.2, 0.25) is 0 Å². The largest absolute Gasteiger partial charge is 0.395 e. The third kappa shape index (κ3) is 1.28. The number of nitrogens with two attached hydrogens (primary N) is 1. The maximum absolute atomic E-state index is 13.0. The number of hydrogen-bond acceptors (Lipinski definition) is 3. The van der Waals surface area contributed by atoms with Gasteiger partial charge in [-0.3, -0.25) is 0 Å². The summed E-state index contributed by atoms with van der Waals surface area (Å²) in [6.07, 6.45) is 0. The van der Waals surface area contributed by atoms with Crippen LogP contribution in [0, 0.1) is 5.13 Å². The molecule has 4 heteroatoms. The first-order valence-electron chi connectivity index (χ1n) is 3.79. The van der Waals surface area contributed by atoms with Crippen LogP contribution in [0.3, 0.4) is 0 Å². The Morgan fingerprint density at radius 1 is 1.46 bits per heavy atom. The summed E-state index contributed by atoms with van der Waals surface area (Å²) in [7, 11) is 0. The van der Waals surface area contributed by atoms with Crippen LogP contribution < -0.4 is 5.73 Å². The molecule has 0 saturated heterocycles. The standard InChI is InChI=1S/C9H8FNOS/c10-9-8(11)6-3-5(4-12)1-2-7(6)13-9/h1-3,12H,4,11H2. The molecule has 2 nitrogen and oxygen atoms in total. The van der Waals surface area contributed by atoms with E-state index in [4.69, 9.17) is 10.8 Å². The Labute approximate surface area is 78.4 Å². The molecule has 0 aliphatic heterocycles. The highest BCUT2D eigenvalue weighted by Crippen LogP contribution is 2.32. The zero-order valence-electron chi connectivity index (χ0n) is 6.75. The molecule has 2 rings (SSSR count). The summed E-state index contributed by atoms with van der Waals surface area (Å²) in [5.41, 5.74) is 6.44. The first-order valence-corrected chi connectivity index (χ1v) is 4.61. The van der Waals surface area contributed by atoms with E-state index >= 15 is 0 Å². The summed E-state index contributed by atoms with van der Waals surface area (Å²) >= 11 is 1.02. The normalized spacial score (nSPS) is 10.9. The molecule has 0 atom stereocenters. The summed E-state index contributed by atoms with van der Waals surface area (Å²) in [6.45, 7) is -0.0488. The van der Waals surface area contributed by atoms with E-state index in [9.17, 15) is 4.39 Å². The lowest BCUT2D eigenvalue weighted by molar-refractivity contribution is 0.282. The Bertz CT molecular complexity index is 452. The van der Waals surface area contributed by atoms with Gasteiger partial charge in [-0.25, -0.2) is 0 Å². The third-order valence-electron chi connectivity index (χ3n) is 1.93. The van der Waals surface area contributed by atoms with Crippen molar-refractivity contribution in [2.45, 2.75) is 6.61 Å². The van der Waals surface area contributed by atoms with Crippen molar-refractivity contribution in [1.29, 1.82) is 0 Å². The molecule has 0 fully saturated rings. The molecule has 0 amide bonds. The summed E-state index contributed by atoms with van der Waals surface area (Å²) in [5.74, 6) is 0. The van der Waals surface area contributed by atoms with Gasteiger partial charge in [0.2, 0.25) is 5.13 Å².